The van der Waals surface area contributed by atoms with Gasteiger partial charge in [-0.25, -0.2) is 9.37 Å². The van der Waals surface area contributed by atoms with Gasteiger partial charge in [-0.3, -0.25) is 9.78 Å². The predicted octanol–water partition coefficient (Wildman–Crippen LogP) is 5.10. The summed E-state index contributed by atoms with van der Waals surface area (Å²) >= 11 is 6.09. The van der Waals surface area contributed by atoms with Gasteiger partial charge in [0.05, 0.1) is 29.3 Å². The zero-order valence-electron chi connectivity index (χ0n) is 16.7. The highest BCUT2D eigenvalue weighted by Gasteiger charge is 2.36. The molecule has 1 amide bonds. The molecule has 7 nitrogen and oxygen atoms in total. The Balaban J connectivity index is 1.61. The Hall–Kier alpha value is -3.86. The van der Waals surface area contributed by atoms with Crippen molar-refractivity contribution in [3.05, 3.63) is 82.8 Å². The normalized spacial score (nSPS) is 11.5. The summed E-state index contributed by atoms with van der Waals surface area (Å²) in [6, 6.07) is 6.08. The third-order valence-corrected chi connectivity index (χ3v) is 4.92. The number of halogens is 5. The Morgan fingerprint density at radius 2 is 1.76 bits per heavy atom. The highest BCUT2D eigenvalue weighted by molar-refractivity contribution is 6.33. The number of anilines is 1. The number of benzene rings is 1. The first kappa shape index (κ1) is 22.3. The number of amides is 1. The summed E-state index contributed by atoms with van der Waals surface area (Å²) in [4.78, 5) is 21.2. The summed E-state index contributed by atoms with van der Waals surface area (Å²) in [6.07, 6.45) is 0.116. The first-order chi connectivity index (χ1) is 15.6. The molecule has 12 heteroatoms. The van der Waals surface area contributed by atoms with Crippen LogP contribution in [-0.4, -0.2) is 30.9 Å². The van der Waals surface area contributed by atoms with Crippen LogP contribution in [0, 0.1) is 12.7 Å². The number of carbonyl (C=O) groups is 1. The van der Waals surface area contributed by atoms with Crippen LogP contribution in [0.15, 0.2) is 55.1 Å². The Bertz CT molecular complexity index is 1340. The summed E-state index contributed by atoms with van der Waals surface area (Å²) in [5, 5.41) is 9.87. The Morgan fingerprint density at radius 3 is 2.39 bits per heavy atom. The minimum Gasteiger partial charge on any atom is -0.319 e. The van der Waals surface area contributed by atoms with E-state index in [0.29, 0.717) is 16.7 Å². The van der Waals surface area contributed by atoms with Gasteiger partial charge in [-0.1, -0.05) is 11.6 Å². The van der Waals surface area contributed by atoms with Crippen molar-refractivity contribution in [2.75, 3.05) is 5.32 Å². The van der Waals surface area contributed by atoms with Crippen molar-refractivity contribution in [1.29, 1.82) is 0 Å². The van der Waals surface area contributed by atoms with Crippen LogP contribution >= 0.6 is 11.6 Å². The van der Waals surface area contributed by atoms with Gasteiger partial charge in [0.15, 0.2) is 5.82 Å². The highest BCUT2D eigenvalue weighted by Crippen LogP contribution is 2.34. The first-order valence-electron chi connectivity index (χ1n) is 9.31. The third-order valence-electron chi connectivity index (χ3n) is 4.60. The number of hydrogen-bond donors (Lipinski definition) is 1. The second-order valence-corrected chi connectivity index (χ2v) is 7.28. The van der Waals surface area contributed by atoms with E-state index in [-0.39, 0.29) is 16.4 Å². The van der Waals surface area contributed by atoms with Gasteiger partial charge in [0, 0.05) is 17.3 Å². The van der Waals surface area contributed by atoms with E-state index in [4.69, 9.17) is 11.6 Å². The number of hydrogen-bond acceptors (Lipinski definition) is 5. The SMILES string of the molecule is Cc1cc(C(=O)Nc2cnc(-n3nccn3)c(C(F)(F)F)c2)ncc1-c1ccc(F)cc1Cl. The van der Waals surface area contributed by atoms with Gasteiger partial charge in [0.2, 0.25) is 0 Å². The van der Waals surface area contributed by atoms with Crippen molar-refractivity contribution in [1.82, 2.24) is 25.0 Å². The lowest BCUT2D eigenvalue weighted by molar-refractivity contribution is -0.137. The Labute approximate surface area is 189 Å². The van der Waals surface area contributed by atoms with Gasteiger partial charge < -0.3 is 5.32 Å². The van der Waals surface area contributed by atoms with Crippen LogP contribution in [0.3, 0.4) is 0 Å². The highest BCUT2D eigenvalue weighted by atomic mass is 35.5. The molecule has 1 N–H and O–H groups in total. The molecule has 0 saturated carbocycles. The lowest BCUT2D eigenvalue weighted by atomic mass is 10.0. The van der Waals surface area contributed by atoms with E-state index >= 15 is 0 Å². The van der Waals surface area contributed by atoms with Crippen molar-refractivity contribution in [3.8, 4) is 16.9 Å². The molecule has 0 radical (unpaired) electrons. The maximum absolute atomic E-state index is 13.5. The van der Waals surface area contributed by atoms with E-state index in [1.54, 1.807) is 6.92 Å². The molecule has 0 fully saturated rings. The van der Waals surface area contributed by atoms with E-state index in [0.717, 1.165) is 23.1 Å². The standard InChI is InChI=1S/C21H13ClF4N6O/c1-11-6-18(27-10-15(11)14-3-2-12(23)7-17(14)22)20(33)31-13-8-16(21(24,25)26)19(28-9-13)32-29-4-5-30-32/h2-10H,1H3,(H,31,33). The fourth-order valence-electron chi connectivity index (χ4n) is 3.08. The number of rotatable bonds is 4. The maximum atomic E-state index is 13.5. The second kappa shape index (κ2) is 8.58. The Morgan fingerprint density at radius 1 is 1.03 bits per heavy atom. The summed E-state index contributed by atoms with van der Waals surface area (Å²) in [7, 11) is 0. The fraction of sp³-hybridized carbons (Fsp3) is 0.0952. The van der Waals surface area contributed by atoms with Crippen molar-refractivity contribution in [3.63, 3.8) is 0 Å². The predicted molar refractivity (Wildman–Crippen MR) is 111 cm³/mol. The number of pyridine rings is 2. The molecule has 4 rings (SSSR count). The van der Waals surface area contributed by atoms with E-state index in [2.05, 4.69) is 25.5 Å². The smallest absolute Gasteiger partial charge is 0.319 e. The zero-order valence-corrected chi connectivity index (χ0v) is 17.5. The van der Waals surface area contributed by atoms with Gasteiger partial charge in [-0.15, -0.1) is 4.80 Å². The lowest BCUT2D eigenvalue weighted by Gasteiger charge is -2.13. The number of aryl methyl sites for hydroxylation is 1. The van der Waals surface area contributed by atoms with Crippen LogP contribution in [0.4, 0.5) is 23.2 Å². The molecular weight excluding hydrogens is 464 g/mol. The van der Waals surface area contributed by atoms with Crippen LogP contribution < -0.4 is 5.32 Å². The van der Waals surface area contributed by atoms with Crippen LogP contribution in [0.1, 0.15) is 21.6 Å². The molecule has 0 unspecified atom stereocenters. The number of alkyl halides is 3. The number of nitrogens with zero attached hydrogens (tertiary/aromatic N) is 5. The number of aromatic nitrogens is 5. The molecule has 0 aliphatic rings. The number of nitrogens with one attached hydrogen (secondary N) is 1. The molecule has 0 bridgehead atoms. The zero-order chi connectivity index (χ0) is 23.8. The summed E-state index contributed by atoms with van der Waals surface area (Å²) in [5.41, 5.74) is 0.361. The topological polar surface area (TPSA) is 85.6 Å². The monoisotopic (exact) mass is 476 g/mol. The first-order valence-corrected chi connectivity index (χ1v) is 9.68. The molecule has 0 atom stereocenters. The molecule has 0 aliphatic heterocycles. The average Bonchev–Trinajstić information content (AvgIpc) is 3.28. The maximum Gasteiger partial charge on any atom is 0.420 e. The molecule has 0 spiro atoms. The van der Waals surface area contributed by atoms with Crippen molar-refractivity contribution < 1.29 is 22.4 Å². The van der Waals surface area contributed by atoms with E-state index in [9.17, 15) is 22.4 Å². The number of carbonyl (C=O) groups excluding carboxylic acids is 1. The van der Waals surface area contributed by atoms with E-state index in [1.165, 1.54) is 36.8 Å². The Kier molecular flexibility index (Phi) is 5.81. The molecule has 4 aromatic rings. The summed E-state index contributed by atoms with van der Waals surface area (Å²) in [5.74, 6) is -1.76. The molecule has 0 saturated heterocycles. The third kappa shape index (κ3) is 4.67. The molecule has 168 valence electrons. The molecule has 1 aromatic carbocycles. The van der Waals surface area contributed by atoms with Crippen LogP contribution in [0.2, 0.25) is 5.02 Å². The fourth-order valence-corrected chi connectivity index (χ4v) is 3.35. The van der Waals surface area contributed by atoms with Gasteiger partial charge in [0.1, 0.15) is 17.1 Å². The minimum atomic E-state index is -4.76. The lowest BCUT2D eigenvalue weighted by Crippen LogP contribution is -2.18. The van der Waals surface area contributed by atoms with Gasteiger partial charge in [-0.05, 0) is 42.8 Å². The minimum absolute atomic E-state index is 0.0409. The molecule has 3 aromatic heterocycles. The van der Waals surface area contributed by atoms with Crippen molar-refractivity contribution in [2.45, 2.75) is 13.1 Å². The van der Waals surface area contributed by atoms with Crippen molar-refractivity contribution >= 4 is 23.2 Å². The van der Waals surface area contributed by atoms with Gasteiger partial charge >= 0.3 is 6.18 Å². The molecule has 0 aliphatic carbocycles. The van der Waals surface area contributed by atoms with Gasteiger partial charge in [0.25, 0.3) is 5.91 Å². The summed E-state index contributed by atoms with van der Waals surface area (Å²) in [6.45, 7) is 1.70. The van der Waals surface area contributed by atoms with Crippen molar-refractivity contribution in [2.24, 2.45) is 0 Å². The van der Waals surface area contributed by atoms with Crippen LogP contribution in [-0.2, 0) is 6.18 Å². The molecule has 33 heavy (non-hydrogen) atoms. The average molecular weight is 477 g/mol. The van der Waals surface area contributed by atoms with E-state index < -0.39 is 29.3 Å². The largest absolute Gasteiger partial charge is 0.420 e. The van der Waals surface area contributed by atoms with Crippen LogP contribution in [0.5, 0.6) is 0 Å². The molecule has 3 heterocycles. The van der Waals surface area contributed by atoms with Gasteiger partial charge in [-0.2, -0.15) is 23.4 Å². The van der Waals surface area contributed by atoms with Crippen LogP contribution in [0.25, 0.3) is 16.9 Å². The quantitative estimate of drug-likeness (QED) is 0.414. The summed E-state index contributed by atoms with van der Waals surface area (Å²) < 4.78 is 53.9. The molecular formula is C21H13ClF4N6O. The second-order valence-electron chi connectivity index (χ2n) is 6.87. The van der Waals surface area contributed by atoms with E-state index in [1.807, 2.05) is 0 Å².